The number of carbonyl (C=O) groups excluding carboxylic acids is 1. The zero-order valence-electron chi connectivity index (χ0n) is 13.5. The van der Waals surface area contributed by atoms with Crippen LogP contribution >= 0.6 is 11.6 Å². The SMILES string of the molecule is Cc1cc(OCC(=O)N2CCC(OC(C)C)CC2)ccc1Cl. The van der Waals surface area contributed by atoms with Crippen LogP contribution in [0.25, 0.3) is 0 Å². The molecule has 0 aliphatic carbocycles. The third kappa shape index (κ3) is 4.89. The number of likely N-dealkylation sites (tertiary alicyclic amines) is 1. The first-order chi connectivity index (χ1) is 10.5. The molecule has 122 valence electrons. The molecule has 0 radical (unpaired) electrons. The van der Waals surface area contributed by atoms with Crippen LogP contribution in [0.5, 0.6) is 5.75 Å². The number of carbonyl (C=O) groups is 1. The van der Waals surface area contributed by atoms with Crippen molar-refractivity contribution in [3.63, 3.8) is 0 Å². The van der Waals surface area contributed by atoms with Gasteiger partial charge in [-0.1, -0.05) is 11.6 Å². The molecule has 1 amide bonds. The lowest BCUT2D eigenvalue weighted by molar-refractivity contribution is -0.136. The van der Waals surface area contributed by atoms with Gasteiger partial charge in [-0.3, -0.25) is 4.79 Å². The Labute approximate surface area is 137 Å². The van der Waals surface area contributed by atoms with Gasteiger partial charge in [0, 0.05) is 18.1 Å². The van der Waals surface area contributed by atoms with Crippen LogP contribution in [0.3, 0.4) is 0 Å². The number of ether oxygens (including phenoxy) is 2. The maximum atomic E-state index is 12.2. The molecule has 1 aliphatic rings. The second-order valence-electron chi connectivity index (χ2n) is 5.96. The van der Waals surface area contributed by atoms with E-state index in [2.05, 4.69) is 0 Å². The highest BCUT2D eigenvalue weighted by molar-refractivity contribution is 6.31. The van der Waals surface area contributed by atoms with E-state index in [0.717, 1.165) is 31.5 Å². The van der Waals surface area contributed by atoms with Gasteiger partial charge in [-0.05, 0) is 57.4 Å². The molecular weight excluding hydrogens is 302 g/mol. The number of aryl methyl sites for hydroxylation is 1. The van der Waals surface area contributed by atoms with Gasteiger partial charge in [0.1, 0.15) is 5.75 Å². The number of nitrogens with zero attached hydrogens (tertiary/aromatic N) is 1. The van der Waals surface area contributed by atoms with Gasteiger partial charge in [0.2, 0.25) is 0 Å². The second kappa shape index (κ2) is 7.84. The van der Waals surface area contributed by atoms with E-state index in [1.165, 1.54) is 0 Å². The van der Waals surface area contributed by atoms with Gasteiger partial charge in [-0.15, -0.1) is 0 Å². The van der Waals surface area contributed by atoms with Crippen molar-refractivity contribution in [1.82, 2.24) is 4.90 Å². The van der Waals surface area contributed by atoms with Crippen LogP contribution in [-0.4, -0.2) is 42.7 Å². The first-order valence-electron chi connectivity index (χ1n) is 7.78. The van der Waals surface area contributed by atoms with Gasteiger partial charge in [-0.2, -0.15) is 0 Å². The minimum Gasteiger partial charge on any atom is -0.484 e. The van der Waals surface area contributed by atoms with Gasteiger partial charge in [0.05, 0.1) is 12.2 Å². The summed E-state index contributed by atoms with van der Waals surface area (Å²) in [6.45, 7) is 7.53. The number of halogens is 1. The summed E-state index contributed by atoms with van der Waals surface area (Å²) in [4.78, 5) is 14.0. The number of benzene rings is 1. The number of piperidine rings is 1. The average molecular weight is 326 g/mol. The molecule has 0 aromatic heterocycles. The zero-order chi connectivity index (χ0) is 16.1. The van der Waals surface area contributed by atoms with Gasteiger partial charge >= 0.3 is 0 Å². The maximum absolute atomic E-state index is 12.2. The number of hydrogen-bond donors (Lipinski definition) is 0. The summed E-state index contributed by atoms with van der Waals surface area (Å²) in [5.41, 5.74) is 0.943. The van der Waals surface area contributed by atoms with Crippen molar-refractivity contribution < 1.29 is 14.3 Å². The van der Waals surface area contributed by atoms with E-state index < -0.39 is 0 Å². The molecule has 1 fully saturated rings. The van der Waals surface area contributed by atoms with E-state index in [1.54, 1.807) is 12.1 Å². The summed E-state index contributed by atoms with van der Waals surface area (Å²) in [5, 5.41) is 0.700. The van der Waals surface area contributed by atoms with Crippen molar-refractivity contribution in [3.05, 3.63) is 28.8 Å². The van der Waals surface area contributed by atoms with Gasteiger partial charge in [0.15, 0.2) is 6.61 Å². The third-order valence-electron chi connectivity index (χ3n) is 3.75. The molecule has 5 heteroatoms. The highest BCUT2D eigenvalue weighted by Gasteiger charge is 2.24. The Hall–Kier alpha value is -1.26. The number of amides is 1. The summed E-state index contributed by atoms with van der Waals surface area (Å²) in [6.07, 6.45) is 2.29. The standard InChI is InChI=1S/C17H24ClNO3/c1-12(2)22-14-6-8-19(9-7-14)17(20)11-21-15-4-5-16(18)13(3)10-15/h4-5,10,12,14H,6-9,11H2,1-3H3. The first-order valence-corrected chi connectivity index (χ1v) is 8.15. The van der Waals surface area contributed by atoms with E-state index in [4.69, 9.17) is 21.1 Å². The van der Waals surface area contributed by atoms with Crippen molar-refractivity contribution in [3.8, 4) is 5.75 Å². The molecule has 0 N–H and O–H groups in total. The van der Waals surface area contributed by atoms with Crippen LogP contribution in [0.2, 0.25) is 5.02 Å². The highest BCUT2D eigenvalue weighted by Crippen LogP contribution is 2.21. The normalized spacial score (nSPS) is 16.1. The van der Waals surface area contributed by atoms with Gasteiger partial charge in [0.25, 0.3) is 5.91 Å². The molecule has 0 atom stereocenters. The fourth-order valence-corrected chi connectivity index (χ4v) is 2.69. The Morgan fingerprint density at radius 3 is 2.64 bits per heavy atom. The lowest BCUT2D eigenvalue weighted by Crippen LogP contribution is -2.43. The van der Waals surface area contributed by atoms with E-state index in [-0.39, 0.29) is 24.7 Å². The molecule has 1 aromatic carbocycles. The van der Waals surface area contributed by atoms with E-state index in [0.29, 0.717) is 10.8 Å². The van der Waals surface area contributed by atoms with Gasteiger partial charge in [-0.25, -0.2) is 0 Å². The van der Waals surface area contributed by atoms with Gasteiger partial charge < -0.3 is 14.4 Å². The second-order valence-corrected chi connectivity index (χ2v) is 6.37. The Morgan fingerprint density at radius 1 is 1.36 bits per heavy atom. The summed E-state index contributed by atoms with van der Waals surface area (Å²) in [6, 6.07) is 5.41. The smallest absolute Gasteiger partial charge is 0.260 e. The molecule has 1 aromatic rings. The molecule has 1 heterocycles. The van der Waals surface area contributed by atoms with E-state index in [1.807, 2.05) is 31.7 Å². The molecule has 2 rings (SSSR count). The molecule has 4 nitrogen and oxygen atoms in total. The van der Waals surface area contributed by atoms with Crippen molar-refractivity contribution in [2.75, 3.05) is 19.7 Å². The largest absolute Gasteiger partial charge is 0.484 e. The molecule has 0 unspecified atom stereocenters. The zero-order valence-corrected chi connectivity index (χ0v) is 14.2. The number of hydrogen-bond acceptors (Lipinski definition) is 3. The minimum atomic E-state index is 0.0237. The van der Waals surface area contributed by atoms with E-state index >= 15 is 0 Å². The van der Waals surface area contributed by atoms with Crippen LogP contribution in [0.4, 0.5) is 0 Å². The quantitative estimate of drug-likeness (QED) is 0.832. The fourth-order valence-electron chi connectivity index (χ4n) is 2.57. The molecule has 1 aliphatic heterocycles. The molecule has 0 bridgehead atoms. The van der Waals surface area contributed by atoms with Crippen LogP contribution in [0.1, 0.15) is 32.3 Å². The highest BCUT2D eigenvalue weighted by atomic mass is 35.5. The first kappa shape index (κ1) is 17.1. The fraction of sp³-hybridized carbons (Fsp3) is 0.588. The van der Waals surface area contributed by atoms with Crippen molar-refractivity contribution in [1.29, 1.82) is 0 Å². The molecule has 22 heavy (non-hydrogen) atoms. The Bertz CT molecular complexity index is 511. The average Bonchev–Trinajstić information content (AvgIpc) is 2.48. The molecule has 0 saturated carbocycles. The lowest BCUT2D eigenvalue weighted by Gasteiger charge is -2.32. The minimum absolute atomic E-state index is 0.0237. The summed E-state index contributed by atoms with van der Waals surface area (Å²) in [5.74, 6) is 0.698. The lowest BCUT2D eigenvalue weighted by atomic mass is 10.1. The van der Waals surface area contributed by atoms with Crippen molar-refractivity contribution >= 4 is 17.5 Å². The Balaban J connectivity index is 1.77. The third-order valence-corrected chi connectivity index (χ3v) is 4.18. The molecule has 0 spiro atoms. The maximum Gasteiger partial charge on any atom is 0.260 e. The molecule has 1 saturated heterocycles. The Kier molecular flexibility index (Phi) is 6.09. The molecular formula is C17H24ClNO3. The van der Waals surface area contributed by atoms with Crippen LogP contribution < -0.4 is 4.74 Å². The monoisotopic (exact) mass is 325 g/mol. The van der Waals surface area contributed by atoms with E-state index in [9.17, 15) is 4.79 Å². The predicted octanol–water partition coefficient (Wildman–Crippen LogP) is 3.44. The number of rotatable bonds is 5. The predicted molar refractivity (Wildman–Crippen MR) is 87.5 cm³/mol. The Morgan fingerprint density at radius 2 is 2.05 bits per heavy atom. The summed E-state index contributed by atoms with van der Waals surface area (Å²) >= 11 is 5.97. The summed E-state index contributed by atoms with van der Waals surface area (Å²) in [7, 11) is 0. The van der Waals surface area contributed by atoms with Crippen LogP contribution in [0, 0.1) is 6.92 Å². The van der Waals surface area contributed by atoms with Crippen molar-refractivity contribution in [2.24, 2.45) is 0 Å². The van der Waals surface area contributed by atoms with Crippen LogP contribution in [0.15, 0.2) is 18.2 Å². The van der Waals surface area contributed by atoms with Crippen LogP contribution in [-0.2, 0) is 9.53 Å². The van der Waals surface area contributed by atoms with Crippen molar-refractivity contribution in [2.45, 2.75) is 45.8 Å². The topological polar surface area (TPSA) is 38.8 Å². The summed E-state index contributed by atoms with van der Waals surface area (Å²) < 4.78 is 11.4.